The summed E-state index contributed by atoms with van der Waals surface area (Å²) < 4.78 is 26.3. The Morgan fingerprint density at radius 1 is 1.38 bits per heavy atom. The fraction of sp³-hybridized carbons (Fsp3) is 0.500. The van der Waals surface area contributed by atoms with Crippen LogP contribution in [0.15, 0.2) is 6.07 Å². The van der Waals surface area contributed by atoms with Crippen LogP contribution in [0.1, 0.15) is 36.9 Å². The van der Waals surface area contributed by atoms with Crippen LogP contribution in [0.5, 0.6) is 0 Å². The highest BCUT2D eigenvalue weighted by Gasteiger charge is 2.17. The van der Waals surface area contributed by atoms with Gasteiger partial charge in [0, 0.05) is 0 Å². The fourth-order valence-corrected chi connectivity index (χ4v) is 1.59. The number of hydrogen-bond acceptors (Lipinski definition) is 3. The molecule has 0 unspecified atom stereocenters. The van der Waals surface area contributed by atoms with E-state index in [0.717, 1.165) is 28.6 Å². The maximum absolute atomic E-state index is 12.6. The topological polar surface area (TPSA) is 43.1 Å². The van der Waals surface area contributed by atoms with Crippen LogP contribution >= 0.6 is 0 Å². The Bertz CT molecular complexity index is 507. The van der Waals surface area contributed by atoms with Gasteiger partial charge in [0.25, 0.3) is 6.43 Å². The van der Waals surface area contributed by atoms with Crippen molar-refractivity contribution < 1.29 is 8.78 Å². The Morgan fingerprint density at radius 3 is 2.75 bits per heavy atom. The van der Waals surface area contributed by atoms with Crippen molar-refractivity contribution in [3.05, 3.63) is 23.1 Å². The maximum Gasteiger partial charge on any atom is 0.299 e. The Kier molecular flexibility index (Phi) is 2.80. The van der Waals surface area contributed by atoms with Crippen LogP contribution in [-0.4, -0.2) is 19.8 Å². The zero-order valence-electron chi connectivity index (χ0n) is 9.11. The number of halogens is 2. The zero-order chi connectivity index (χ0) is 11.7. The Morgan fingerprint density at radius 2 is 2.12 bits per heavy atom. The first-order chi connectivity index (χ1) is 7.63. The van der Waals surface area contributed by atoms with Gasteiger partial charge in [-0.3, -0.25) is 0 Å². The first kappa shape index (κ1) is 10.9. The second-order valence-corrected chi connectivity index (χ2v) is 3.65. The van der Waals surface area contributed by atoms with Gasteiger partial charge in [0.15, 0.2) is 5.65 Å². The van der Waals surface area contributed by atoms with Crippen molar-refractivity contribution in [1.82, 2.24) is 19.8 Å². The molecule has 0 N–H and O–H groups in total. The van der Waals surface area contributed by atoms with Gasteiger partial charge in [-0.25, -0.2) is 8.78 Å². The molecule has 2 aromatic rings. The highest BCUT2D eigenvalue weighted by atomic mass is 19.3. The van der Waals surface area contributed by atoms with Crippen molar-refractivity contribution in [1.29, 1.82) is 0 Å². The molecule has 4 nitrogen and oxygen atoms in total. The summed E-state index contributed by atoms with van der Waals surface area (Å²) in [6, 6.07) is 1.73. The highest BCUT2D eigenvalue weighted by molar-refractivity contribution is 5.40. The van der Waals surface area contributed by atoms with Crippen LogP contribution in [0.2, 0.25) is 0 Å². The van der Waals surface area contributed by atoms with Crippen LogP contribution in [0.3, 0.4) is 0 Å². The van der Waals surface area contributed by atoms with Crippen LogP contribution in [-0.2, 0) is 6.42 Å². The number of fused-ring (bicyclic) bond motifs is 1. The Balaban J connectivity index is 2.59. The lowest BCUT2D eigenvalue weighted by Crippen LogP contribution is -2.04. The van der Waals surface area contributed by atoms with Crippen LogP contribution in [0, 0.1) is 6.92 Å². The predicted molar refractivity (Wildman–Crippen MR) is 54.5 cm³/mol. The molecule has 0 aliphatic heterocycles. The second kappa shape index (κ2) is 4.11. The van der Waals surface area contributed by atoms with Crippen LogP contribution in [0.25, 0.3) is 5.65 Å². The van der Waals surface area contributed by atoms with Crippen LogP contribution in [0.4, 0.5) is 8.78 Å². The fourth-order valence-electron chi connectivity index (χ4n) is 1.59. The molecule has 86 valence electrons. The van der Waals surface area contributed by atoms with E-state index in [9.17, 15) is 8.78 Å². The quantitative estimate of drug-likeness (QED) is 0.806. The van der Waals surface area contributed by atoms with Gasteiger partial charge in [0.2, 0.25) is 5.82 Å². The SMILES string of the molecule is CCCc1nn2c(C(F)F)nnc2cc1C. The summed E-state index contributed by atoms with van der Waals surface area (Å²) in [6.45, 7) is 3.92. The van der Waals surface area contributed by atoms with Gasteiger partial charge in [-0.1, -0.05) is 13.3 Å². The highest BCUT2D eigenvalue weighted by Crippen LogP contribution is 2.18. The molecule has 6 heteroatoms. The molecule has 0 amide bonds. The summed E-state index contributed by atoms with van der Waals surface area (Å²) >= 11 is 0. The van der Waals surface area contributed by atoms with E-state index in [4.69, 9.17) is 0 Å². The van der Waals surface area contributed by atoms with Gasteiger partial charge >= 0.3 is 0 Å². The van der Waals surface area contributed by atoms with E-state index < -0.39 is 12.2 Å². The van der Waals surface area contributed by atoms with Crippen molar-refractivity contribution >= 4 is 5.65 Å². The van der Waals surface area contributed by atoms with E-state index in [0.29, 0.717) is 5.65 Å². The van der Waals surface area contributed by atoms with Crippen molar-refractivity contribution in [3.8, 4) is 0 Å². The van der Waals surface area contributed by atoms with E-state index >= 15 is 0 Å². The molecule has 0 saturated carbocycles. The van der Waals surface area contributed by atoms with Gasteiger partial charge in [0.05, 0.1) is 5.69 Å². The molecule has 0 aliphatic carbocycles. The normalized spacial score (nSPS) is 11.6. The van der Waals surface area contributed by atoms with Gasteiger partial charge in [-0.15, -0.1) is 10.2 Å². The van der Waals surface area contributed by atoms with Gasteiger partial charge < -0.3 is 0 Å². The number of nitrogens with zero attached hydrogens (tertiary/aromatic N) is 4. The van der Waals surface area contributed by atoms with Gasteiger partial charge in [0.1, 0.15) is 0 Å². The number of aromatic nitrogens is 4. The number of aryl methyl sites for hydroxylation is 2. The smallest absolute Gasteiger partial charge is 0.201 e. The minimum absolute atomic E-state index is 0.368. The van der Waals surface area contributed by atoms with Crippen molar-refractivity contribution in [3.63, 3.8) is 0 Å². The maximum atomic E-state index is 12.6. The first-order valence-corrected chi connectivity index (χ1v) is 5.13. The van der Waals surface area contributed by atoms with E-state index in [1.165, 1.54) is 0 Å². The lowest BCUT2D eigenvalue weighted by atomic mass is 10.1. The van der Waals surface area contributed by atoms with E-state index in [2.05, 4.69) is 15.3 Å². The van der Waals surface area contributed by atoms with E-state index in [-0.39, 0.29) is 0 Å². The third kappa shape index (κ3) is 1.75. The third-order valence-corrected chi connectivity index (χ3v) is 2.39. The number of alkyl halides is 2. The average Bonchev–Trinajstić information content (AvgIpc) is 2.61. The van der Waals surface area contributed by atoms with Crippen molar-refractivity contribution in [2.24, 2.45) is 0 Å². The number of hydrogen-bond donors (Lipinski definition) is 0. The molecule has 0 fully saturated rings. The van der Waals surface area contributed by atoms with Crippen molar-refractivity contribution in [2.75, 3.05) is 0 Å². The molecule has 0 atom stereocenters. The summed E-state index contributed by atoms with van der Waals surface area (Å²) in [7, 11) is 0. The van der Waals surface area contributed by atoms with E-state index in [1.54, 1.807) is 6.07 Å². The van der Waals surface area contributed by atoms with Gasteiger partial charge in [-0.05, 0) is 25.0 Å². The lowest BCUT2D eigenvalue weighted by Gasteiger charge is -2.04. The molecule has 0 radical (unpaired) electrons. The predicted octanol–water partition coefficient (Wildman–Crippen LogP) is 2.32. The molecule has 0 aromatic carbocycles. The summed E-state index contributed by atoms with van der Waals surface area (Å²) in [5.41, 5.74) is 2.15. The molecule has 2 rings (SSSR count). The molecular formula is C10H12F2N4. The average molecular weight is 226 g/mol. The van der Waals surface area contributed by atoms with Crippen molar-refractivity contribution in [2.45, 2.75) is 33.1 Å². The summed E-state index contributed by atoms with van der Waals surface area (Å²) in [5.74, 6) is -0.396. The molecule has 2 heterocycles. The zero-order valence-corrected chi connectivity index (χ0v) is 9.11. The minimum atomic E-state index is -2.65. The Hall–Kier alpha value is -1.59. The molecule has 16 heavy (non-hydrogen) atoms. The molecule has 0 aliphatic rings. The summed E-state index contributed by atoms with van der Waals surface area (Å²) in [5, 5.41) is 11.3. The second-order valence-electron chi connectivity index (χ2n) is 3.65. The molecule has 0 spiro atoms. The van der Waals surface area contributed by atoms with Crippen LogP contribution < -0.4 is 0 Å². The standard InChI is InChI=1S/C10H12F2N4/c1-3-4-7-6(2)5-8-13-14-10(9(11)12)16(8)15-7/h5,9H,3-4H2,1-2H3. The minimum Gasteiger partial charge on any atom is -0.201 e. The number of rotatable bonds is 3. The molecular weight excluding hydrogens is 214 g/mol. The third-order valence-electron chi connectivity index (χ3n) is 2.39. The Labute approximate surface area is 91.3 Å². The summed E-state index contributed by atoms with van der Waals surface area (Å²) in [6.07, 6.45) is -0.964. The molecule has 2 aromatic heterocycles. The monoisotopic (exact) mass is 226 g/mol. The molecule has 0 bridgehead atoms. The van der Waals surface area contributed by atoms with E-state index in [1.807, 2.05) is 13.8 Å². The first-order valence-electron chi connectivity index (χ1n) is 5.13. The lowest BCUT2D eigenvalue weighted by molar-refractivity contribution is 0.137. The van der Waals surface area contributed by atoms with Gasteiger partial charge in [-0.2, -0.15) is 9.61 Å². The summed E-state index contributed by atoms with van der Waals surface area (Å²) in [4.78, 5) is 0. The largest absolute Gasteiger partial charge is 0.299 e. The molecule has 0 saturated heterocycles.